The molecule has 0 radical (unpaired) electrons. The zero-order valence-electron chi connectivity index (χ0n) is 15.2. The molecule has 4 rings (SSSR count). The Morgan fingerprint density at radius 1 is 1.19 bits per heavy atom. The van der Waals surface area contributed by atoms with Crippen molar-refractivity contribution in [3.05, 3.63) is 59.9 Å². The van der Waals surface area contributed by atoms with E-state index in [0.717, 1.165) is 34.7 Å². The lowest BCUT2D eigenvalue weighted by molar-refractivity contribution is -0.117. The van der Waals surface area contributed by atoms with Crippen LogP contribution in [-0.4, -0.2) is 35.7 Å². The second-order valence-electron chi connectivity index (χ2n) is 6.85. The van der Waals surface area contributed by atoms with Crippen molar-refractivity contribution in [3.8, 4) is 0 Å². The van der Waals surface area contributed by atoms with E-state index in [1.54, 1.807) is 7.11 Å². The van der Waals surface area contributed by atoms with E-state index >= 15 is 0 Å². The SMILES string of the molecule is COCCn1c([C@@H]2CC(=O)N(c3cccc(C)c3)C2)nc2ccccc21. The average molecular weight is 349 g/mol. The summed E-state index contributed by atoms with van der Waals surface area (Å²) in [7, 11) is 1.71. The van der Waals surface area contributed by atoms with Crippen LogP contribution in [-0.2, 0) is 16.1 Å². The van der Waals surface area contributed by atoms with E-state index in [9.17, 15) is 4.79 Å². The number of para-hydroxylation sites is 2. The van der Waals surface area contributed by atoms with Crippen LogP contribution in [0.3, 0.4) is 0 Å². The predicted molar refractivity (Wildman–Crippen MR) is 102 cm³/mol. The van der Waals surface area contributed by atoms with Crippen LogP contribution in [0.2, 0.25) is 0 Å². The van der Waals surface area contributed by atoms with Gasteiger partial charge < -0.3 is 14.2 Å². The summed E-state index contributed by atoms with van der Waals surface area (Å²) in [5, 5.41) is 0. The summed E-state index contributed by atoms with van der Waals surface area (Å²) in [6.45, 7) is 4.07. The van der Waals surface area contributed by atoms with Crippen LogP contribution in [0.4, 0.5) is 5.69 Å². The van der Waals surface area contributed by atoms with Crippen LogP contribution in [0, 0.1) is 6.92 Å². The molecule has 0 bridgehead atoms. The summed E-state index contributed by atoms with van der Waals surface area (Å²) >= 11 is 0. The second kappa shape index (κ2) is 6.92. The molecule has 0 spiro atoms. The van der Waals surface area contributed by atoms with Gasteiger partial charge in [0.2, 0.25) is 5.91 Å². The Kier molecular flexibility index (Phi) is 4.47. The van der Waals surface area contributed by atoms with E-state index in [2.05, 4.69) is 16.7 Å². The highest BCUT2D eigenvalue weighted by molar-refractivity contribution is 5.96. The fraction of sp³-hybridized carbons (Fsp3) is 0.333. The van der Waals surface area contributed by atoms with E-state index < -0.39 is 0 Å². The molecule has 1 aliphatic heterocycles. The Morgan fingerprint density at radius 3 is 2.85 bits per heavy atom. The minimum atomic E-state index is 0.0901. The van der Waals surface area contributed by atoms with Gasteiger partial charge >= 0.3 is 0 Å². The van der Waals surface area contributed by atoms with Gasteiger partial charge in [0.25, 0.3) is 0 Å². The van der Waals surface area contributed by atoms with Gasteiger partial charge in [-0.25, -0.2) is 4.98 Å². The number of carbonyl (C=O) groups is 1. The number of hydrogen-bond donors (Lipinski definition) is 0. The number of anilines is 1. The van der Waals surface area contributed by atoms with Gasteiger partial charge in [0, 0.05) is 38.2 Å². The Hall–Kier alpha value is -2.66. The average Bonchev–Trinajstić information content (AvgIpc) is 3.20. The normalized spacial score (nSPS) is 17.4. The first-order valence-electron chi connectivity index (χ1n) is 8.98. The maximum Gasteiger partial charge on any atom is 0.227 e. The maximum absolute atomic E-state index is 12.7. The molecule has 1 amide bonds. The summed E-state index contributed by atoms with van der Waals surface area (Å²) < 4.78 is 7.49. The number of carbonyl (C=O) groups excluding carboxylic acids is 1. The molecule has 2 heterocycles. The summed E-state index contributed by atoms with van der Waals surface area (Å²) in [5.74, 6) is 1.23. The second-order valence-corrected chi connectivity index (χ2v) is 6.85. The Labute approximate surface area is 153 Å². The highest BCUT2D eigenvalue weighted by Crippen LogP contribution is 2.33. The molecule has 3 aromatic rings. The number of rotatable bonds is 5. The third-order valence-electron chi connectivity index (χ3n) is 5.01. The number of aryl methyl sites for hydroxylation is 1. The molecule has 1 fully saturated rings. The number of amides is 1. The van der Waals surface area contributed by atoms with Gasteiger partial charge in [0.1, 0.15) is 5.82 Å². The quantitative estimate of drug-likeness (QED) is 0.708. The van der Waals surface area contributed by atoms with Crippen molar-refractivity contribution >= 4 is 22.6 Å². The van der Waals surface area contributed by atoms with Crippen molar-refractivity contribution < 1.29 is 9.53 Å². The van der Waals surface area contributed by atoms with E-state index in [-0.39, 0.29) is 11.8 Å². The van der Waals surface area contributed by atoms with Gasteiger partial charge in [0.15, 0.2) is 0 Å². The van der Waals surface area contributed by atoms with Crippen molar-refractivity contribution in [1.82, 2.24) is 9.55 Å². The van der Waals surface area contributed by atoms with Gasteiger partial charge in [-0.15, -0.1) is 0 Å². The van der Waals surface area contributed by atoms with Crippen molar-refractivity contribution in [3.63, 3.8) is 0 Å². The van der Waals surface area contributed by atoms with Crippen LogP contribution in [0.5, 0.6) is 0 Å². The number of hydrogen-bond acceptors (Lipinski definition) is 3. The fourth-order valence-corrected chi connectivity index (χ4v) is 3.75. The van der Waals surface area contributed by atoms with E-state index in [1.165, 1.54) is 0 Å². The van der Waals surface area contributed by atoms with Crippen molar-refractivity contribution in [1.29, 1.82) is 0 Å². The first-order chi connectivity index (χ1) is 12.7. The van der Waals surface area contributed by atoms with Gasteiger partial charge in [-0.2, -0.15) is 0 Å². The molecular formula is C21H23N3O2. The van der Waals surface area contributed by atoms with Gasteiger partial charge in [-0.3, -0.25) is 4.79 Å². The lowest BCUT2D eigenvalue weighted by Crippen LogP contribution is -2.24. The van der Waals surface area contributed by atoms with Crippen LogP contribution in [0.1, 0.15) is 23.7 Å². The zero-order chi connectivity index (χ0) is 18.1. The summed E-state index contributed by atoms with van der Waals surface area (Å²) in [6.07, 6.45) is 0.490. The van der Waals surface area contributed by atoms with Gasteiger partial charge in [-0.1, -0.05) is 24.3 Å². The number of ether oxygens (including phenoxy) is 1. The molecule has 0 N–H and O–H groups in total. The number of fused-ring (bicyclic) bond motifs is 1. The smallest absolute Gasteiger partial charge is 0.227 e. The van der Waals surface area contributed by atoms with E-state index in [1.807, 2.05) is 48.2 Å². The van der Waals surface area contributed by atoms with E-state index in [4.69, 9.17) is 9.72 Å². The summed E-state index contributed by atoms with van der Waals surface area (Å²) in [4.78, 5) is 19.4. The zero-order valence-corrected chi connectivity index (χ0v) is 15.2. The first kappa shape index (κ1) is 16.8. The highest BCUT2D eigenvalue weighted by Gasteiger charge is 2.34. The number of methoxy groups -OCH3 is 1. The lowest BCUT2D eigenvalue weighted by Gasteiger charge is -2.18. The number of imidazole rings is 1. The van der Waals surface area contributed by atoms with Crippen molar-refractivity contribution in [2.45, 2.75) is 25.8 Å². The Balaban J connectivity index is 1.68. The molecular weight excluding hydrogens is 326 g/mol. The monoisotopic (exact) mass is 349 g/mol. The molecule has 1 aromatic heterocycles. The van der Waals surface area contributed by atoms with E-state index in [0.29, 0.717) is 19.6 Å². The molecule has 1 atom stereocenters. The minimum Gasteiger partial charge on any atom is -0.383 e. The van der Waals surface area contributed by atoms with Crippen molar-refractivity contribution in [2.75, 3.05) is 25.2 Å². The summed E-state index contributed by atoms with van der Waals surface area (Å²) in [6, 6.07) is 16.2. The fourth-order valence-electron chi connectivity index (χ4n) is 3.75. The largest absolute Gasteiger partial charge is 0.383 e. The molecule has 134 valence electrons. The van der Waals surface area contributed by atoms with Crippen LogP contribution in [0.15, 0.2) is 48.5 Å². The standard InChI is InChI=1S/C21H23N3O2/c1-15-6-5-7-17(12-15)24-14-16(13-20(24)25)21-22-18-8-3-4-9-19(18)23(21)10-11-26-2/h3-9,12,16H,10-11,13-14H2,1-2H3/t16-/m1/s1. The third-order valence-corrected chi connectivity index (χ3v) is 5.01. The number of nitrogens with zero attached hydrogens (tertiary/aromatic N) is 3. The Bertz CT molecular complexity index is 947. The van der Waals surface area contributed by atoms with Gasteiger partial charge in [0.05, 0.1) is 17.6 Å². The number of benzene rings is 2. The maximum atomic E-state index is 12.7. The highest BCUT2D eigenvalue weighted by atomic mass is 16.5. The first-order valence-corrected chi connectivity index (χ1v) is 8.98. The molecule has 1 saturated heterocycles. The van der Waals surface area contributed by atoms with Crippen LogP contribution >= 0.6 is 0 Å². The predicted octanol–water partition coefficient (Wildman–Crippen LogP) is 3.51. The molecule has 0 unspecified atom stereocenters. The molecule has 1 aliphatic rings. The Morgan fingerprint density at radius 2 is 2.04 bits per heavy atom. The minimum absolute atomic E-state index is 0.0901. The molecule has 26 heavy (non-hydrogen) atoms. The molecule has 0 saturated carbocycles. The van der Waals surface area contributed by atoms with Crippen molar-refractivity contribution in [2.24, 2.45) is 0 Å². The molecule has 5 heteroatoms. The topological polar surface area (TPSA) is 47.4 Å². The van der Waals surface area contributed by atoms with Crippen LogP contribution in [0.25, 0.3) is 11.0 Å². The molecule has 5 nitrogen and oxygen atoms in total. The number of aromatic nitrogens is 2. The van der Waals surface area contributed by atoms with Gasteiger partial charge in [-0.05, 0) is 36.8 Å². The molecule has 2 aromatic carbocycles. The summed E-state index contributed by atoms with van der Waals surface area (Å²) in [5.41, 5.74) is 4.20. The lowest BCUT2D eigenvalue weighted by atomic mass is 10.1. The van der Waals surface area contributed by atoms with Crippen LogP contribution < -0.4 is 4.90 Å². The molecule has 0 aliphatic carbocycles. The third kappa shape index (κ3) is 2.99.